The van der Waals surface area contributed by atoms with Crippen molar-refractivity contribution in [3.05, 3.63) is 64.9 Å². The van der Waals surface area contributed by atoms with E-state index in [1.54, 1.807) is 0 Å². The Balaban J connectivity index is 2.54. The van der Waals surface area contributed by atoms with Gasteiger partial charge in [-0.3, -0.25) is 4.31 Å². The number of hydrogen-bond donors (Lipinski definition) is 0. The fraction of sp³-hybridized carbons (Fsp3) is 0.125. The minimum Gasteiger partial charge on any atom is -0.494 e. The lowest BCUT2D eigenvalue weighted by atomic mass is 10.3. The maximum Gasteiger partial charge on any atom is 0.264 e. The Bertz CT molecular complexity index is 872. The fourth-order valence-corrected chi connectivity index (χ4v) is 3.77. The number of sulfonamides is 1. The van der Waals surface area contributed by atoms with Crippen LogP contribution in [0.5, 0.6) is 5.75 Å². The molecule has 2 aromatic rings. The van der Waals surface area contributed by atoms with E-state index in [2.05, 4.69) is 6.58 Å². The summed E-state index contributed by atoms with van der Waals surface area (Å²) in [7, 11) is -2.73. The van der Waals surface area contributed by atoms with Gasteiger partial charge in [0.05, 0.1) is 34.3 Å². The molecule has 2 aromatic carbocycles. The lowest BCUT2D eigenvalue weighted by Gasteiger charge is -2.23. The van der Waals surface area contributed by atoms with Crippen molar-refractivity contribution < 1.29 is 17.5 Å². The number of benzene rings is 2. The Kier molecular flexibility index (Phi) is 5.74. The van der Waals surface area contributed by atoms with Gasteiger partial charge >= 0.3 is 0 Å². The van der Waals surface area contributed by atoms with Crippen LogP contribution in [0.15, 0.2) is 53.9 Å². The largest absolute Gasteiger partial charge is 0.494 e. The van der Waals surface area contributed by atoms with Gasteiger partial charge < -0.3 is 4.74 Å². The zero-order chi connectivity index (χ0) is 17.9. The molecule has 4 nitrogen and oxygen atoms in total. The van der Waals surface area contributed by atoms with Gasteiger partial charge in [0.2, 0.25) is 0 Å². The molecule has 0 amide bonds. The average Bonchev–Trinajstić information content (AvgIpc) is 2.55. The Morgan fingerprint density at radius 3 is 2.46 bits per heavy atom. The van der Waals surface area contributed by atoms with Gasteiger partial charge in [-0.05, 0) is 36.4 Å². The van der Waals surface area contributed by atoms with Gasteiger partial charge in [-0.15, -0.1) is 6.58 Å². The van der Waals surface area contributed by atoms with Crippen LogP contribution in [-0.2, 0) is 10.0 Å². The molecule has 0 fully saturated rings. The lowest BCUT2D eigenvalue weighted by molar-refractivity contribution is 0.385. The van der Waals surface area contributed by atoms with Crippen LogP contribution in [0.1, 0.15) is 0 Å². The molecule has 0 saturated heterocycles. The van der Waals surface area contributed by atoms with Crippen molar-refractivity contribution >= 4 is 38.9 Å². The summed E-state index contributed by atoms with van der Waals surface area (Å²) in [6.45, 7) is 3.54. The molecule has 0 spiro atoms. The maximum absolute atomic E-state index is 13.9. The minimum absolute atomic E-state index is 0.0199. The molecule has 0 atom stereocenters. The summed E-state index contributed by atoms with van der Waals surface area (Å²) < 4.78 is 45.5. The fourth-order valence-electron chi connectivity index (χ4n) is 2.03. The van der Waals surface area contributed by atoms with Crippen LogP contribution in [-0.4, -0.2) is 22.1 Å². The molecule has 0 unspecified atom stereocenters. The number of anilines is 1. The summed E-state index contributed by atoms with van der Waals surface area (Å²) in [6.07, 6.45) is 1.42. The third kappa shape index (κ3) is 3.66. The number of hydrogen-bond acceptors (Lipinski definition) is 3. The number of rotatable bonds is 6. The smallest absolute Gasteiger partial charge is 0.264 e. The van der Waals surface area contributed by atoms with Gasteiger partial charge in [-0.25, -0.2) is 12.8 Å². The molecule has 24 heavy (non-hydrogen) atoms. The zero-order valence-electron chi connectivity index (χ0n) is 12.7. The monoisotopic (exact) mass is 389 g/mol. The molecule has 0 aliphatic carbocycles. The molecule has 0 bridgehead atoms. The third-order valence-corrected chi connectivity index (χ3v) is 5.73. The molecule has 0 heterocycles. The van der Waals surface area contributed by atoms with Gasteiger partial charge in [0.15, 0.2) is 11.6 Å². The quantitative estimate of drug-likeness (QED) is 0.682. The zero-order valence-corrected chi connectivity index (χ0v) is 15.0. The minimum atomic E-state index is -4.03. The highest BCUT2D eigenvalue weighted by molar-refractivity contribution is 7.92. The van der Waals surface area contributed by atoms with Crippen LogP contribution in [0, 0.1) is 5.82 Å². The van der Waals surface area contributed by atoms with Crippen molar-refractivity contribution in [1.29, 1.82) is 0 Å². The van der Waals surface area contributed by atoms with Crippen molar-refractivity contribution in [2.45, 2.75) is 4.90 Å². The molecule has 0 N–H and O–H groups in total. The van der Waals surface area contributed by atoms with E-state index < -0.39 is 15.8 Å². The predicted molar refractivity (Wildman–Crippen MR) is 94.1 cm³/mol. The summed E-state index contributed by atoms with van der Waals surface area (Å²) in [6, 6.07) is 7.84. The number of methoxy groups -OCH3 is 1. The standard InChI is InChI=1S/C16H14Cl2FNO3S/c1-3-8-20(11-4-6-13(17)14(18)9-11)24(21,22)12-5-7-16(23-2)15(19)10-12/h3-7,9-10H,1,8H2,2H3. The molecule has 0 aliphatic rings. The Labute approximate surface area is 150 Å². The van der Waals surface area contributed by atoms with Gasteiger partial charge in [0.1, 0.15) is 0 Å². The summed E-state index contributed by atoms with van der Waals surface area (Å²) in [5.41, 5.74) is 0.292. The highest BCUT2D eigenvalue weighted by atomic mass is 35.5. The molecule has 0 aliphatic heterocycles. The van der Waals surface area contributed by atoms with Crippen LogP contribution >= 0.6 is 23.2 Å². The van der Waals surface area contributed by atoms with Gasteiger partial charge in [0, 0.05) is 0 Å². The van der Waals surface area contributed by atoms with Crippen molar-refractivity contribution in [1.82, 2.24) is 0 Å². The van der Waals surface area contributed by atoms with Crippen molar-refractivity contribution in [3.63, 3.8) is 0 Å². The Morgan fingerprint density at radius 1 is 1.21 bits per heavy atom. The second-order valence-electron chi connectivity index (χ2n) is 4.72. The summed E-state index contributed by atoms with van der Waals surface area (Å²) in [4.78, 5) is -0.214. The van der Waals surface area contributed by atoms with E-state index in [1.165, 1.54) is 43.5 Å². The van der Waals surface area contributed by atoms with Crippen LogP contribution in [0.25, 0.3) is 0 Å². The topological polar surface area (TPSA) is 46.6 Å². The van der Waals surface area contributed by atoms with Gasteiger partial charge in [0.25, 0.3) is 10.0 Å². The average molecular weight is 390 g/mol. The summed E-state index contributed by atoms with van der Waals surface area (Å²) >= 11 is 11.8. The third-order valence-electron chi connectivity index (χ3n) is 3.20. The van der Waals surface area contributed by atoms with Crippen molar-refractivity contribution in [2.75, 3.05) is 18.0 Å². The second-order valence-corrected chi connectivity index (χ2v) is 7.40. The summed E-state index contributed by atoms with van der Waals surface area (Å²) in [5, 5.41) is 0.506. The Morgan fingerprint density at radius 2 is 1.92 bits per heavy atom. The van der Waals surface area contributed by atoms with E-state index in [1.807, 2.05) is 0 Å². The maximum atomic E-state index is 13.9. The van der Waals surface area contributed by atoms with Crippen LogP contribution in [0.3, 0.4) is 0 Å². The molecule has 0 radical (unpaired) electrons. The molecule has 0 aromatic heterocycles. The van der Waals surface area contributed by atoms with E-state index in [9.17, 15) is 12.8 Å². The number of halogens is 3. The van der Waals surface area contributed by atoms with E-state index >= 15 is 0 Å². The van der Waals surface area contributed by atoms with Crippen molar-refractivity contribution in [2.24, 2.45) is 0 Å². The highest BCUT2D eigenvalue weighted by Gasteiger charge is 2.25. The first-order valence-electron chi connectivity index (χ1n) is 6.73. The van der Waals surface area contributed by atoms with E-state index in [0.717, 1.165) is 10.4 Å². The second kappa shape index (κ2) is 7.42. The molecular weight excluding hydrogens is 376 g/mol. The molecule has 128 valence electrons. The highest BCUT2D eigenvalue weighted by Crippen LogP contribution is 2.31. The predicted octanol–water partition coefficient (Wildman–Crippen LogP) is 4.52. The number of ether oxygens (including phenoxy) is 1. The molecular formula is C16H14Cl2FNO3S. The van der Waals surface area contributed by atoms with Crippen LogP contribution < -0.4 is 9.04 Å². The number of nitrogens with zero attached hydrogens (tertiary/aromatic N) is 1. The molecule has 2 rings (SSSR count). The van der Waals surface area contributed by atoms with E-state index in [0.29, 0.717) is 10.7 Å². The Hall–Kier alpha value is -1.76. The van der Waals surface area contributed by atoms with Gasteiger partial charge in [-0.1, -0.05) is 29.3 Å². The van der Waals surface area contributed by atoms with Crippen LogP contribution in [0.4, 0.5) is 10.1 Å². The van der Waals surface area contributed by atoms with Crippen LogP contribution in [0.2, 0.25) is 10.0 Å². The molecule has 8 heteroatoms. The normalized spacial score (nSPS) is 11.2. The molecule has 0 saturated carbocycles. The SMILES string of the molecule is C=CCN(c1ccc(Cl)c(Cl)c1)S(=O)(=O)c1ccc(OC)c(F)c1. The first-order valence-corrected chi connectivity index (χ1v) is 8.93. The summed E-state index contributed by atoms with van der Waals surface area (Å²) in [5.74, 6) is -0.815. The van der Waals surface area contributed by atoms with E-state index in [4.69, 9.17) is 27.9 Å². The van der Waals surface area contributed by atoms with Crippen molar-refractivity contribution in [3.8, 4) is 5.75 Å². The first-order chi connectivity index (χ1) is 11.3. The van der Waals surface area contributed by atoms with Gasteiger partial charge in [-0.2, -0.15) is 0 Å². The lowest BCUT2D eigenvalue weighted by Crippen LogP contribution is -2.31. The van der Waals surface area contributed by atoms with E-state index in [-0.39, 0.29) is 22.2 Å². The first kappa shape index (κ1) is 18.6.